The standard InChI is InChI=1S/C17H26N2/c1-2-7-16-14-17(9-8-15(16)6-1)18-10-5-13-19-11-3-4-12-19/h1-2,6-7,17-18H,3-5,8-14H2. The molecule has 104 valence electrons. The molecule has 2 nitrogen and oxygen atoms in total. The summed E-state index contributed by atoms with van der Waals surface area (Å²) in [5, 5.41) is 3.76. The van der Waals surface area contributed by atoms with Crippen molar-refractivity contribution in [1.29, 1.82) is 0 Å². The van der Waals surface area contributed by atoms with Crippen LogP contribution in [0.2, 0.25) is 0 Å². The van der Waals surface area contributed by atoms with Gasteiger partial charge in [-0.1, -0.05) is 24.3 Å². The lowest BCUT2D eigenvalue weighted by Crippen LogP contribution is -2.36. The summed E-state index contributed by atoms with van der Waals surface area (Å²) in [6, 6.07) is 9.64. The Morgan fingerprint density at radius 1 is 1.11 bits per heavy atom. The molecule has 1 fully saturated rings. The van der Waals surface area contributed by atoms with Gasteiger partial charge in [0.1, 0.15) is 0 Å². The Balaban J connectivity index is 1.37. The van der Waals surface area contributed by atoms with Gasteiger partial charge in [0.05, 0.1) is 0 Å². The predicted molar refractivity (Wildman–Crippen MR) is 80.5 cm³/mol. The van der Waals surface area contributed by atoms with E-state index in [-0.39, 0.29) is 0 Å². The summed E-state index contributed by atoms with van der Waals surface area (Å²) in [6.45, 7) is 5.13. The van der Waals surface area contributed by atoms with Gasteiger partial charge in [-0.05, 0) is 75.8 Å². The minimum absolute atomic E-state index is 0.702. The van der Waals surface area contributed by atoms with Gasteiger partial charge < -0.3 is 10.2 Å². The summed E-state index contributed by atoms with van der Waals surface area (Å²) in [5.74, 6) is 0. The molecule has 19 heavy (non-hydrogen) atoms. The molecule has 2 aliphatic rings. The van der Waals surface area contributed by atoms with Gasteiger partial charge >= 0.3 is 0 Å². The quantitative estimate of drug-likeness (QED) is 0.817. The van der Waals surface area contributed by atoms with Gasteiger partial charge in [0, 0.05) is 6.04 Å². The van der Waals surface area contributed by atoms with E-state index in [1.54, 1.807) is 11.1 Å². The fourth-order valence-corrected chi connectivity index (χ4v) is 3.49. The van der Waals surface area contributed by atoms with Crippen molar-refractivity contribution in [3.05, 3.63) is 35.4 Å². The Hall–Kier alpha value is -0.860. The lowest BCUT2D eigenvalue weighted by molar-refractivity contribution is 0.325. The van der Waals surface area contributed by atoms with Crippen LogP contribution in [0.5, 0.6) is 0 Å². The largest absolute Gasteiger partial charge is 0.314 e. The Morgan fingerprint density at radius 3 is 2.74 bits per heavy atom. The molecule has 1 aliphatic carbocycles. The van der Waals surface area contributed by atoms with Crippen molar-refractivity contribution in [2.75, 3.05) is 26.2 Å². The van der Waals surface area contributed by atoms with E-state index in [0.29, 0.717) is 6.04 Å². The third-order valence-electron chi connectivity index (χ3n) is 4.63. The Morgan fingerprint density at radius 2 is 1.89 bits per heavy atom. The Labute approximate surface area is 117 Å². The van der Waals surface area contributed by atoms with E-state index >= 15 is 0 Å². The van der Waals surface area contributed by atoms with Crippen molar-refractivity contribution in [3.63, 3.8) is 0 Å². The molecule has 1 atom stereocenters. The van der Waals surface area contributed by atoms with Gasteiger partial charge in [0.15, 0.2) is 0 Å². The summed E-state index contributed by atoms with van der Waals surface area (Å²) in [7, 11) is 0. The second kappa shape index (κ2) is 6.53. The fourth-order valence-electron chi connectivity index (χ4n) is 3.49. The molecular weight excluding hydrogens is 232 g/mol. The van der Waals surface area contributed by atoms with Crippen molar-refractivity contribution in [1.82, 2.24) is 10.2 Å². The van der Waals surface area contributed by atoms with E-state index in [9.17, 15) is 0 Å². The zero-order valence-electron chi connectivity index (χ0n) is 11.9. The topological polar surface area (TPSA) is 15.3 Å². The van der Waals surface area contributed by atoms with E-state index in [2.05, 4.69) is 34.5 Å². The summed E-state index contributed by atoms with van der Waals surface area (Å²) < 4.78 is 0. The number of likely N-dealkylation sites (tertiary alicyclic amines) is 1. The van der Waals surface area contributed by atoms with E-state index in [4.69, 9.17) is 0 Å². The lowest BCUT2D eigenvalue weighted by atomic mass is 9.88. The third-order valence-corrected chi connectivity index (χ3v) is 4.63. The van der Waals surface area contributed by atoms with Crippen molar-refractivity contribution in [3.8, 4) is 0 Å². The summed E-state index contributed by atoms with van der Waals surface area (Å²) >= 11 is 0. The molecule has 3 rings (SSSR count). The highest BCUT2D eigenvalue weighted by Gasteiger charge is 2.17. The summed E-state index contributed by atoms with van der Waals surface area (Å²) in [4.78, 5) is 2.61. The second-order valence-corrected chi connectivity index (χ2v) is 6.06. The molecule has 1 aromatic carbocycles. The molecule has 0 radical (unpaired) electrons. The van der Waals surface area contributed by atoms with Crippen molar-refractivity contribution >= 4 is 0 Å². The monoisotopic (exact) mass is 258 g/mol. The van der Waals surface area contributed by atoms with Crippen LogP contribution in [0, 0.1) is 0 Å². The maximum Gasteiger partial charge on any atom is 0.0111 e. The lowest BCUT2D eigenvalue weighted by Gasteiger charge is -2.26. The molecule has 1 aromatic rings. The van der Waals surface area contributed by atoms with Crippen LogP contribution in [0.3, 0.4) is 0 Å². The van der Waals surface area contributed by atoms with Gasteiger partial charge in [-0.25, -0.2) is 0 Å². The first-order valence-electron chi connectivity index (χ1n) is 7.94. The molecule has 1 aliphatic heterocycles. The maximum atomic E-state index is 3.76. The van der Waals surface area contributed by atoms with Crippen LogP contribution in [-0.2, 0) is 12.8 Å². The van der Waals surface area contributed by atoms with E-state index in [1.807, 2.05) is 0 Å². The summed E-state index contributed by atoms with van der Waals surface area (Å²) in [6.07, 6.45) is 7.90. The summed E-state index contributed by atoms with van der Waals surface area (Å²) in [5.41, 5.74) is 3.13. The highest BCUT2D eigenvalue weighted by atomic mass is 15.1. The van der Waals surface area contributed by atoms with Crippen LogP contribution in [0.4, 0.5) is 0 Å². The molecule has 1 N–H and O–H groups in total. The van der Waals surface area contributed by atoms with Gasteiger partial charge in [-0.15, -0.1) is 0 Å². The van der Waals surface area contributed by atoms with Crippen molar-refractivity contribution < 1.29 is 0 Å². The van der Waals surface area contributed by atoms with Gasteiger partial charge in [0.2, 0.25) is 0 Å². The maximum absolute atomic E-state index is 3.76. The van der Waals surface area contributed by atoms with E-state index < -0.39 is 0 Å². The van der Waals surface area contributed by atoms with Crippen molar-refractivity contribution in [2.45, 2.75) is 44.6 Å². The first-order valence-corrected chi connectivity index (χ1v) is 7.94. The number of fused-ring (bicyclic) bond motifs is 1. The molecule has 0 amide bonds. The van der Waals surface area contributed by atoms with Crippen LogP contribution in [-0.4, -0.2) is 37.1 Å². The van der Waals surface area contributed by atoms with Crippen LogP contribution in [0.15, 0.2) is 24.3 Å². The number of aryl methyl sites for hydroxylation is 1. The second-order valence-electron chi connectivity index (χ2n) is 6.06. The molecule has 1 heterocycles. The Kier molecular flexibility index (Phi) is 4.52. The third kappa shape index (κ3) is 3.58. The molecular formula is C17H26N2. The zero-order chi connectivity index (χ0) is 12.9. The first kappa shape index (κ1) is 13.1. The number of rotatable bonds is 5. The van der Waals surface area contributed by atoms with Crippen LogP contribution < -0.4 is 5.32 Å². The number of hydrogen-bond acceptors (Lipinski definition) is 2. The number of hydrogen-bond donors (Lipinski definition) is 1. The number of benzene rings is 1. The minimum Gasteiger partial charge on any atom is -0.314 e. The molecule has 1 saturated heterocycles. The Bertz CT molecular complexity index is 396. The molecule has 2 heteroatoms. The van der Waals surface area contributed by atoms with Crippen LogP contribution in [0.25, 0.3) is 0 Å². The fraction of sp³-hybridized carbons (Fsp3) is 0.647. The molecule has 1 unspecified atom stereocenters. The highest BCUT2D eigenvalue weighted by Crippen LogP contribution is 2.20. The van der Waals surface area contributed by atoms with Gasteiger partial charge in [-0.2, -0.15) is 0 Å². The van der Waals surface area contributed by atoms with E-state index in [0.717, 1.165) is 0 Å². The van der Waals surface area contributed by atoms with Gasteiger partial charge in [-0.3, -0.25) is 0 Å². The average molecular weight is 258 g/mol. The minimum atomic E-state index is 0.702. The van der Waals surface area contributed by atoms with Crippen molar-refractivity contribution in [2.24, 2.45) is 0 Å². The van der Waals surface area contributed by atoms with Gasteiger partial charge in [0.25, 0.3) is 0 Å². The molecule has 0 saturated carbocycles. The number of nitrogens with one attached hydrogen (secondary N) is 1. The molecule has 0 bridgehead atoms. The average Bonchev–Trinajstić information content (AvgIpc) is 2.97. The molecule has 0 aromatic heterocycles. The normalized spacial score (nSPS) is 23.5. The first-order chi connectivity index (χ1) is 9.42. The van der Waals surface area contributed by atoms with E-state index in [1.165, 1.54) is 64.7 Å². The highest BCUT2D eigenvalue weighted by molar-refractivity contribution is 5.30. The molecule has 0 spiro atoms. The smallest absolute Gasteiger partial charge is 0.0111 e. The number of nitrogens with zero attached hydrogens (tertiary/aromatic N) is 1. The zero-order valence-corrected chi connectivity index (χ0v) is 11.9. The predicted octanol–water partition coefficient (Wildman–Crippen LogP) is 2.62. The SMILES string of the molecule is c1ccc2c(c1)CCC(NCCCN1CCCC1)C2. The van der Waals surface area contributed by atoms with Crippen LogP contribution in [0.1, 0.15) is 36.8 Å². The van der Waals surface area contributed by atoms with Crippen LogP contribution >= 0.6 is 0 Å².